The molecule has 0 fully saturated rings. The van der Waals surface area contributed by atoms with E-state index in [1.165, 1.54) is 0 Å². The van der Waals surface area contributed by atoms with Gasteiger partial charge in [0.2, 0.25) is 0 Å². The molecule has 114 valence electrons. The molecule has 0 aromatic heterocycles. The predicted octanol–water partition coefficient (Wildman–Crippen LogP) is 3.24. The third-order valence-corrected chi connectivity index (χ3v) is 3.40. The van der Waals surface area contributed by atoms with E-state index in [1.54, 1.807) is 0 Å². The highest BCUT2D eigenvalue weighted by Gasteiger charge is 2.15. The number of rotatable bonds is 7. The number of ether oxygens (including phenoxy) is 2. The summed E-state index contributed by atoms with van der Waals surface area (Å²) >= 11 is 5.63. The van der Waals surface area contributed by atoms with E-state index in [9.17, 15) is 9.59 Å². The molecular formula is C16H19ClO4. The highest BCUT2D eigenvalue weighted by molar-refractivity contribution is 6.68. The number of carbonyl (C=O) groups is 2. The standard InChI is InChI=1S/C16H19ClO4/c1-5-14(18)21-7-6-20-9-13-10(2)8-11(3)15(12(13)4)16(17)19/h5,8H,1,6-7,9H2,2-4H3. The van der Waals surface area contributed by atoms with Crippen molar-refractivity contribution in [1.82, 2.24) is 0 Å². The van der Waals surface area contributed by atoms with Gasteiger partial charge in [0.05, 0.1) is 13.2 Å². The van der Waals surface area contributed by atoms with Gasteiger partial charge in [-0.3, -0.25) is 4.79 Å². The van der Waals surface area contributed by atoms with Crippen molar-refractivity contribution in [2.45, 2.75) is 27.4 Å². The molecule has 0 amide bonds. The van der Waals surface area contributed by atoms with Crippen LogP contribution in [0, 0.1) is 20.8 Å². The van der Waals surface area contributed by atoms with E-state index in [1.807, 2.05) is 26.8 Å². The van der Waals surface area contributed by atoms with Gasteiger partial charge in [0.25, 0.3) is 5.24 Å². The van der Waals surface area contributed by atoms with Gasteiger partial charge in [-0.2, -0.15) is 0 Å². The lowest BCUT2D eigenvalue weighted by Gasteiger charge is -2.15. The lowest BCUT2D eigenvalue weighted by atomic mass is 9.94. The lowest BCUT2D eigenvalue weighted by molar-refractivity contribution is -0.139. The average Bonchev–Trinajstić information content (AvgIpc) is 2.40. The highest BCUT2D eigenvalue weighted by atomic mass is 35.5. The second-order valence-electron chi connectivity index (χ2n) is 4.69. The first kappa shape index (κ1) is 17.4. The lowest BCUT2D eigenvalue weighted by Crippen LogP contribution is -2.10. The number of hydrogen-bond acceptors (Lipinski definition) is 4. The maximum atomic E-state index is 11.5. The van der Waals surface area contributed by atoms with Crippen LogP contribution in [0.1, 0.15) is 32.6 Å². The molecule has 0 bridgehead atoms. The first-order valence-corrected chi connectivity index (χ1v) is 6.92. The van der Waals surface area contributed by atoms with Gasteiger partial charge in [-0.15, -0.1) is 0 Å². The minimum absolute atomic E-state index is 0.163. The van der Waals surface area contributed by atoms with E-state index in [4.69, 9.17) is 21.1 Å². The van der Waals surface area contributed by atoms with Crippen LogP contribution in [-0.4, -0.2) is 24.4 Å². The molecule has 0 heterocycles. The average molecular weight is 311 g/mol. The van der Waals surface area contributed by atoms with Crippen molar-refractivity contribution >= 4 is 22.8 Å². The van der Waals surface area contributed by atoms with Gasteiger partial charge in [-0.05, 0) is 54.6 Å². The molecule has 1 aromatic rings. The van der Waals surface area contributed by atoms with Crippen LogP contribution < -0.4 is 0 Å². The fraction of sp³-hybridized carbons (Fsp3) is 0.375. The van der Waals surface area contributed by atoms with Crippen molar-refractivity contribution in [3.63, 3.8) is 0 Å². The Labute approximate surface area is 129 Å². The van der Waals surface area contributed by atoms with E-state index in [0.717, 1.165) is 28.3 Å². The van der Waals surface area contributed by atoms with Crippen LogP contribution in [0.2, 0.25) is 0 Å². The Bertz CT molecular complexity index is 564. The molecule has 0 aliphatic heterocycles. The van der Waals surface area contributed by atoms with Crippen LogP contribution in [0.4, 0.5) is 0 Å². The Morgan fingerprint density at radius 3 is 2.48 bits per heavy atom. The zero-order chi connectivity index (χ0) is 16.0. The highest BCUT2D eigenvalue weighted by Crippen LogP contribution is 2.24. The predicted molar refractivity (Wildman–Crippen MR) is 81.6 cm³/mol. The normalized spacial score (nSPS) is 10.3. The molecule has 1 aromatic carbocycles. The molecule has 0 radical (unpaired) electrons. The summed E-state index contributed by atoms with van der Waals surface area (Å²) in [7, 11) is 0. The summed E-state index contributed by atoms with van der Waals surface area (Å²) in [6.45, 7) is 9.74. The second-order valence-corrected chi connectivity index (χ2v) is 5.03. The second kappa shape index (κ2) is 7.96. The van der Waals surface area contributed by atoms with E-state index in [2.05, 4.69) is 6.58 Å². The fourth-order valence-electron chi connectivity index (χ4n) is 2.19. The van der Waals surface area contributed by atoms with Crippen LogP contribution in [-0.2, 0) is 20.9 Å². The van der Waals surface area contributed by atoms with Gasteiger partial charge in [-0.25, -0.2) is 4.79 Å². The maximum Gasteiger partial charge on any atom is 0.330 e. The summed E-state index contributed by atoms with van der Waals surface area (Å²) in [5.41, 5.74) is 4.18. The zero-order valence-corrected chi connectivity index (χ0v) is 13.3. The molecule has 21 heavy (non-hydrogen) atoms. The van der Waals surface area contributed by atoms with Crippen LogP contribution in [0.5, 0.6) is 0 Å². The van der Waals surface area contributed by atoms with E-state index < -0.39 is 11.2 Å². The zero-order valence-electron chi connectivity index (χ0n) is 12.5. The summed E-state index contributed by atoms with van der Waals surface area (Å²) in [6, 6.07) is 1.92. The summed E-state index contributed by atoms with van der Waals surface area (Å²) in [4.78, 5) is 22.4. The minimum Gasteiger partial charge on any atom is -0.460 e. The summed E-state index contributed by atoms with van der Waals surface area (Å²) < 4.78 is 10.3. The van der Waals surface area contributed by atoms with Gasteiger partial charge < -0.3 is 9.47 Å². The molecule has 0 saturated carbocycles. The smallest absolute Gasteiger partial charge is 0.330 e. The molecule has 0 spiro atoms. The van der Waals surface area contributed by atoms with Crippen molar-refractivity contribution in [3.8, 4) is 0 Å². The largest absolute Gasteiger partial charge is 0.460 e. The van der Waals surface area contributed by atoms with Crippen LogP contribution >= 0.6 is 11.6 Å². The summed E-state index contributed by atoms with van der Waals surface area (Å²) in [5.74, 6) is -0.476. The third-order valence-electron chi connectivity index (χ3n) is 3.21. The SMILES string of the molecule is C=CC(=O)OCCOCc1c(C)cc(C)c(C(=O)Cl)c1C. The van der Waals surface area contributed by atoms with Crippen molar-refractivity contribution in [1.29, 1.82) is 0 Å². The number of aryl methyl sites for hydroxylation is 2. The Kier molecular flexibility index (Phi) is 6.59. The van der Waals surface area contributed by atoms with Gasteiger partial charge in [0.15, 0.2) is 0 Å². The van der Waals surface area contributed by atoms with Crippen molar-refractivity contribution in [2.75, 3.05) is 13.2 Å². The van der Waals surface area contributed by atoms with Crippen LogP contribution in [0.3, 0.4) is 0 Å². The quantitative estimate of drug-likeness (QED) is 0.336. The molecule has 0 aliphatic rings. The van der Waals surface area contributed by atoms with Crippen molar-refractivity contribution in [2.24, 2.45) is 0 Å². The Hall–Kier alpha value is -1.65. The Balaban J connectivity index is 2.71. The third kappa shape index (κ3) is 4.69. The number of hydrogen-bond donors (Lipinski definition) is 0. The Morgan fingerprint density at radius 2 is 1.90 bits per heavy atom. The van der Waals surface area contributed by atoms with Gasteiger partial charge >= 0.3 is 5.97 Å². The van der Waals surface area contributed by atoms with E-state index in [-0.39, 0.29) is 13.2 Å². The molecule has 5 heteroatoms. The van der Waals surface area contributed by atoms with E-state index >= 15 is 0 Å². The number of benzene rings is 1. The van der Waals surface area contributed by atoms with Gasteiger partial charge in [0.1, 0.15) is 6.61 Å². The molecule has 4 nitrogen and oxygen atoms in total. The topological polar surface area (TPSA) is 52.6 Å². The molecular weight excluding hydrogens is 292 g/mol. The fourth-order valence-corrected chi connectivity index (χ4v) is 2.48. The first-order chi connectivity index (χ1) is 9.88. The van der Waals surface area contributed by atoms with Gasteiger partial charge in [-0.1, -0.05) is 12.6 Å². The molecule has 0 aliphatic carbocycles. The molecule has 0 N–H and O–H groups in total. The molecule has 0 unspecified atom stereocenters. The molecule has 0 atom stereocenters. The first-order valence-electron chi connectivity index (χ1n) is 6.55. The molecule has 0 saturated heterocycles. The van der Waals surface area contributed by atoms with Crippen molar-refractivity contribution in [3.05, 3.63) is 46.5 Å². The monoisotopic (exact) mass is 310 g/mol. The van der Waals surface area contributed by atoms with Crippen molar-refractivity contribution < 1.29 is 19.1 Å². The number of carbonyl (C=O) groups excluding carboxylic acids is 2. The van der Waals surface area contributed by atoms with Crippen LogP contribution in [0.15, 0.2) is 18.7 Å². The number of halogens is 1. The van der Waals surface area contributed by atoms with E-state index in [0.29, 0.717) is 12.2 Å². The van der Waals surface area contributed by atoms with Gasteiger partial charge in [0, 0.05) is 11.6 Å². The Morgan fingerprint density at radius 1 is 1.24 bits per heavy atom. The molecule has 1 rings (SSSR count). The van der Waals surface area contributed by atoms with Crippen LogP contribution in [0.25, 0.3) is 0 Å². The summed E-state index contributed by atoms with van der Waals surface area (Å²) in [6.07, 6.45) is 1.10. The minimum atomic E-state index is -0.476. The number of esters is 1. The maximum absolute atomic E-state index is 11.5. The summed E-state index contributed by atoms with van der Waals surface area (Å²) in [5, 5.41) is -0.467.